The van der Waals surface area contributed by atoms with Crippen molar-refractivity contribution in [3.05, 3.63) is 80.4 Å². The van der Waals surface area contributed by atoms with Gasteiger partial charge in [-0.3, -0.25) is 19.0 Å². The summed E-state index contributed by atoms with van der Waals surface area (Å²) >= 11 is 0. The van der Waals surface area contributed by atoms with E-state index in [2.05, 4.69) is 4.90 Å². The number of aromatic nitrogens is 2. The summed E-state index contributed by atoms with van der Waals surface area (Å²) < 4.78 is 2.98. The summed E-state index contributed by atoms with van der Waals surface area (Å²) in [6.07, 6.45) is 0.203. The average Bonchev–Trinajstić information content (AvgIpc) is 2.78. The van der Waals surface area contributed by atoms with E-state index < -0.39 is 11.1 Å². The average molecular weight is 421 g/mol. The van der Waals surface area contributed by atoms with Gasteiger partial charge in [0.05, 0.1) is 17.6 Å². The van der Waals surface area contributed by atoms with Crippen LogP contribution >= 0.6 is 0 Å². The first kappa shape index (κ1) is 21.1. The van der Waals surface area contributed by atoms with Crippen molar-refractivity contribution >= 4 is 16.9 Å². The van der Waals surface area contributed by atoms with Crippen LogP contribution in [0.25, 0.3) is 11.0 Å². The van der Waals surface area contributed by atoms with Crippen LogP contribution in [0.1, 0.15) is 17.5 Å². The number of hydrogen-bond donors (Lipinski definition) is 0. The molecule has 1 amide bonds. The van der Waals surface area contributed by atoms with E-state index in [0.29, 0.717) is 30.7 Å². The van der Waals surface area contributed by atoms with E-state index in [1.165, 1.54) is 9.13 Å². The van der Waals surface area contributed by atoms with Gasteiger partial charge in [-0.15, -0.1) is 0 Å². The first-order valence-electron chi connectivity index (χ1n) is 10.7. The number of para-hydroxylation sites is 2. The molecule has 1 aromatic heterocycles. The Morgan fingerprint density at radius 2 is 1.42 bits per heavy atom. The number of piperazine rings is 1. The number of nitrogens with zero attached hydrogens (tertiary/aromatic N) is 4. The maximum atomic E-state index is 13.0. The molecule has 2 aromatic carbocycles. The second kappa shape index (κ2) is 8.89. The van der Waals surface area contributed by atoms with Gasteiger partial charge in [-0.05, 0) is 31.7 Å². The third-order valence-electron chi connectivity index (χ3n) is 6.00. The fourth-order valence-corrected chi connectivity index (χ4v) is 4.05. The lowest BCUT2D eigenvalue weighted by molar-refractivity contribution is -0.133. The van der Waals surface area contributed by atoms with E-state index in [1.54, 1.807) is 0 Å². The third-order valence-corrected chi connectivity index (χ3v) is 6.00. The van der Waals surface area contributed by atoms with Gasteiger partial charge in [0.2, 0.25) is 5.91 Å². The molecule has 1 fully saturated rings. The van der Waals surface area contributed by atoms with Crippen LogP contribution in [0.3, 0.4) is 0 Å². The predicted molar refractivity (Wildman–Crippen MR) is 121 cm³/mol. The highest BCUT2D eigenvalue weighted by Crippen LogP contribution is 2.14. The zero-order valence-electron chi connectivity index (χ0n) is 18.1. The molecule has 3 aromatic rings. The maximum Gasteiger partial charge on any atom is 0.317 e. The van der Waals surface area contributed by atoms with Crippen molar-refractivity contribution in [2.24, 2.45) is 0 Å². The second-order valence-corrected chi connectivity index (χ2v) is 8.26. The zero-order chi connectivity index (χ0) is 22.0. The first-order chi connectivity index (χ1) is 14.9. The number of carbonyl (C=O) groups is 1. The molecule has 1 aliphatic rings. The SMILES string of the molecule is Cc1ccc(Cn2c(=O)c(=O)n(CCC(=O)N3CCN(C)CC3)c3ccccc32)cc1. The van der Waals surface area contributed by atoms with Gasteiger partial charge in [-0.1, -0.05) is 42.0 Å². The monoisotopic (exact) mass is 420 g/mol. The molecule has 2 heterocycles. The largest absolute Gasteiger partial charge is 0.340 e. The fraction of sp³-hybridized carbons (Fsp3) is 0.375. The number of fused-ring (bicyclic) bond motifs is 1. The number of likely N-dealkylation sites (N-methyl/N-ethyl adjacent to an activating group) is 1. The van der Waals surface area contributed by atoms with Crippen LogP contribution in [0.4, 0.5) is 0 Å². The predicted octanol–water partition coefficient (Wildman–Crippen LogP) is 1.68. The van der Waals surface area contributed by atoms with Gasteiger partial charge < -0.3 is 14.4 Å². The van der Waals surface area contributed by atoms with E-state index >= 15 is 0 Å². The molecule has 4 rings (SSSR count). The van der Waals surface area contributed by atoms with Gasteiger partial charge in [-0.25, -0.2) is 0 Å². The minimum Gasteiger partial charge on any atom is -0.340 e. The van der Waals surface area contributed by atoms with Crippen LogP contribution in [-0.4, -0.2) is 58.1 Å². The van der Waals surface area contributed by atoms with E-state index in [9.17, 15) is 14.4 Å². The van der Waals surface area contributed by atoms with E-state index in [-0.39, 0.29) is 18.9 Å². The highest BCUT2D eigenvalue weighted by molar-refractivity contribution is 5.77. The van der Waals surface area contributed by atoms with Gasteiger partial charge in [-0.2, -0.15) is 0 Å². The molecule has 0 radical (unpaired) electrons. The minimum atomic E-state index is -0.586. The Morgan fingerprint density at radius 3 is 2.06 bits per heavy atom. The molecule has 0 bridgehead atoms. The normalized spacial score (nSPS) is 14.8. The van der Waals surface area contributed by atoms with Crippen LogP contribution in [0.2, 0.25) is 0 Å². The van der Waals surface area contributed by atoms with Crippen LogP contribution in [-0.2, 0) is 17.9 Å². The molecular weight excluding hydrogens is 392 g/mol. The van der Waals surface area contributed by atoms with Gasteiger partial charge in [0.1, 0.15) is 0 Å². The highest BCUT2D eigenvalue weighted by Gasteiger charge is 2.20. The molecule has 0 saturated carbocycles. The third kappa shape index (κ3) is 4.46. The fourth-order valence-electron chi connectivity index (χ4n) is 4.05. The lowest BCUT2D eigenvalue weighted by Gasteiger charge is -2.32. The van der Waals surface area contributed by atoms with Crippen molar-refractivity contribution in [3.8, 4) is 0 Å². The van der Waals surface area contributed by atoms with Crippen molar-refractivity contribution in [2.45, 2.75) is 26.4 Å². The van der Waals surface area contributed by atoms with Crippen molar-refractivity contribution in [1.29, 1.82) is 0 Å². The molecule has 0 aliphatic carbocycles. The summed E-state index contributed by atoms with van der Waals surface area (Å²) in [6, 6.07) is 15.3. The highest BCUT2D eigenvalue weighted by atomic mass is 16.2. The standard InChI is InChI=1S/C24H28N4O3/c1-18-7-9-19(10-8-18)17-28-21-6-4-3-5-20(21)27(23(30)24(28)31)12-11-22(29)26-15-13-25(2)14-16-26/h3-10H,11-17H2,1-2H3. The number of benzene rings is 2. The molecular formula is C24H28N4O3. The molecule has 162 valence electrons. The summed E-state index contributed by atoms with van der Waals surface area (Å²) in [4.78, 5) is 42.6. The Bertz CT molecular complexity index is 1200. The second-order valence-electron chi connectivity index (χ2n) is 8.26. The number of aryl methyl sites for hydroxylation is 2. The van der Waals surface area contributed by atoms with Gasteiger partial charge in [0.15, 0.2) is 0 Å². The Kier molecular flexibility index (Phi) is 6.04. The van der Waals surface area contributed by atoms with E-state index in [1.807, 2.05) is 67.4 Å². The van der Waals surface area contributed by atoms with Crippen LogP contribution in [0.5, 0.6) is 0 Å². The molecule has 7 heteroatoms. The van der Waals surface area contributed by atoms with Gasteiger partial charge in [0, 0.05) is 39.1 Å². The smallest absolute Gasteiger partial charge is 0.317 e. The molecule has 31 heavy (non-hydrogen) atoms. The van der Waals surface area contributed by atoms with Gasteiger partial charge in [0.25, 0.3) is 0 Å². The number of carbonyl (C=O) groups excluding carboxylic acids is 1. The molecule has 0 N–H and O–H groups in total. The van der Waals surface area contributed by atoms with Crippen molar-refractivity contribution < 1.29 is 4.79 Å². The Morgan fingerprint density at radius 1 is 0.839 bits per heavy atom. The molecule has 0 atom stereocenters. The van der Waals surface area contributed by atoms with Crippen molar-refractivity contribution in [1.82, 2.24) is 18.9 Å². The summed E-state index contributed by atoms with van der Waals surface area (Å²) in [5.41, 5.74) is 2.31. The van der Waals surface area contributed by atoms with Crippen LogP contribution in [0.15, 0.2) is 58.1 Å². The minimum absolute atomic E-state index is 0.0212. The summed E-state index contributed by atoms with van der Waals surface area (Å²) in [7, 11) is 2.04. The lowest BCUT2D eigenvalue weighted by atomic mass is 10.1. The van der Waals surface area contributed by atoms with Crippen LogP contribution < -0.4 is 11.1 Å². The number of hydrogen-bond acceptors (Lipinski definition) is 4. The molecule has 1 saturated heterocycles. The molecule has 0 spiro atoms. The maximum absolute atomic E-state index is 13.0. The summed E-state index contributed by atoms with van der Waals surface area (Å²) in [5, 5.41) is 0. The van der Waals surface area contributed by atoms with Crippen molar-refractivity contribution in [3.63, 3.8) is 0 Å². The van der Waals surface area contributed by atoms with E-state index in [4.69, 9.17) is 0 Å². The number of amides is 1. The summed E-state index contributed by atoms with van der Waals surface area (Å²) in [6.45, 7) is 5.64. The Balaban J connectivity index is 1.63. The van der Waals surface area contributed by atoms with Crippen LogP contribution in [0, 0.1) is 6.92 Å². The molecule has 0 unspecified atom stereocenters. The summed E-state index contributed by atoms with van der Waals surface area (Å²) in [5.74, 6) is 0.0212. The quantitative estimate of drug-likeness (QED) is 0.589. The lowest BCUT2D eigenvalue weighted by Crippen LogP contribution is -2.47. The Labute approximate surface area is 181 Å². The van der Waals surface area contributed by atoms with E-state index in [0.717, 1.165) is 24.2 Å². The van der Waals surface area contributed by atoms with Crippen molar-refractivity contribution in [2.75, 3.05) is 33.2 Å². The Hall–Kier alpha value is -3.19. The number of rotatable bonds is 5. The topological polar surface area (TPSA) is 67.5 Å². The molecule has 7 nitrogen and oxygen atoms in total. The zero-order valence-corrected chi connectivity index (χ0v) is 18.1. The first-order valence-corrected chi connectivity index (χ1v) is 10.7. The molecule has 1 aliphatic heterocycles. The van der Waals surface area contributed by atoms with Gasteiger partial charge >= 0.3 is 11.1 Å².